The highest BCUT2D eigenvalue weighted by atomic mass is 16.5. The molecule has 2 amide bonds. The third kappa shape index (κ3) is 3.01. The minimum absolute atomic E-state index is 0.0984. The van der Waals surface area contributed by atoms with Gasteiger partial charge in [-0.25, -0.2) is 0 Å². The maximum atomic E-state index is 12.4. The normalized spacial score (nSPS) is 22.2. The van der Waals surface area contributed by atoms with Crippen LogP contribution < -0.4 is 10.5 Å². The summed E-state index contributed by atoms with van der Waals surface area (Å²) < 4.78 is 5.55. The summed E-state index contributed by atoms with van der Waals surface area (Å²) in [5.41, 5.74) is 5.70. The zero-order valence-corrected chi connectivity index (χ0v) is 12.8. The van der Waals surface area contributed by atoms with Crippen molar-refractivity contribution in [3.8, 4) is 5.75 Å². The highest BCUT2D eigenvalue weighted by Gasteiger charge is 2.49. The molecule has 1 aliphatic heterocycles. The Morgan fingerprint density at radius 3 is 2.67 bits per heavy atom. The molecule has 0 aromatic heterocycles. The minimum atomic E-state index is -0.589. The first-order valence-electron chi connectivity index (χ1n) is 7.18. The lowest BCUT2D eigenvalue weighted by Gasteiger charge is -2.26. The molecule has 1 atom stereocenters. The fraction of sp³-hybridized carbons (Fsp3) is 0.500. The van der Waals surface area contributed by atoms with Crippen LogP contribution in [0.15, 0.2) is 24.3 Å². The van der Waals surface area contributed by atoms with Crippen molar-refractivity contribution in [1.29, 1.82) is 0 Å². The number of hydrogen-bond acceptors (Lipinski definition) is 4. The summed E-state index contributed by atoms with van der Waals surface area (Å²) in [6.07, 6.45) is 0.280. The average molecular weight is 290 g/mol. The van der Waals surface area contributed by atoms with Crippen LogP contribution in [0, 0.1) is 11.3 Å². The van der Waals surface area contributed by atoms with Crippen molar-refractivity contribution in [2.24, 2.45) is 11.3 Å². The van der Waals surface area contributed by atoms with Gasteiger partial charge in [0.2, 0.25) is 11.8 Å². The van der Waals surface area contributed by atoms with Gasteiger partial charge < -0.3 is 10.5 Å². The van der Waals surface area contributed by atoms with E-state index in [1.165, 1.54) is 4.90 Å². The first-order valence-corrected chi connectivity index (χ1v) is 7.18. The van der Waals surface area contributed by atoms with Gasteiger partial charge in [-0.15, -0.1) is 0 Å². The Labute approximate surface area is 125 Å². The number of anilines is 1. The lowest BCUT2D eigenvalue weighted by molar-refractivity contribution is -0.142. The zero-order chi connectivity index (χ0) is 15.6. The largest absolute Gasteiger partial charge is 0.492 e. The Balaban J connectivity index is 1.95. The molecule has 1 unspecified atom stereocenters. The summed E-state index contributed by atoms with van der Waals surface area (Å²) in [5.74, 6) is 0.556. The second kappa shape index (κ2) is 5.76. The Kier molecular flexibility index (Phi) is 4.21. The molecular formula is C16H22N2O3. The van der Waals surface area contributed by atoms with Gasteiger partial charge in [0.05, 0.1) is 12.0 Å². The van der Waals surface area contributed by atoms with Crippen molar-refractivity contribution in [3.05, 3.63) is 24.3 Å². The van der Waals surface area contributed by atoms with Gasteiger partial charge >= 0.3 is 0 Å². The number of rotatable bonds is 5. The standard InChI is InChI=1S/C16H22N2O3/c1-11(2)16(3)10-14(19)18(15(16)20)7-8-21-13-6-4-5-12(17)9-13/h4-6,9,11H,7-8,10,17H2,1-3H3. The zero-order valence-electron chi connectivity index (χ0n) is 12.8. The SMILES string of the molecule is CC(C)C1(C)CC(=O)N(CCOc2cccc(N)c2)C1=O. The van der Waals surface area contributed by atoms with E-state index in [4.69, 9.17) is 10.5 Å². The number of benzene rings is 1. The smallest absolute Gasteiger partial charge is 0.236 e. The third-order valence-electron chi connectivity index (χ3n) is 4.27. The van der Waals surface area contributed by atoms with Crippen LogP contribution in [-0.4, -0.2) is 29.9 Å². The van der Waals surface area contributed by atoms with Crippen molar-refractivity contribution < 1.29 is 14.3 Å². The summed E-state index contributed by atoms with van der Waals surface area (Å²) in [6, 6.07) is 7.08. The average Bonchev–Trinajstić information content (AvgIpc) is 2.63. The Hall–Kier alpha value is -2.04. The van der Waals surface area contributed by atoms with Crippen LogP contribution in [0.5, 0.6) is 5.75 Å². The Bertz CT molecular complexity index is 556. The minimum Gasteiger partial charge on any atom is -0.492 e. The molecular weight excluding hydrogens is 268 g/mol. The van der Waals surface area contributed by atoms with E-state index in [0.29, 0.717) is 11.4 Å². The summed E-state index contributed by atoms with van der Waals surface area (Å²) in [6.45, 7) is 6.34. The number of carbonyl (C=O) groups is 2. The van der Waals surface area contributed by atoms with Crippen LogP contribution in [0.25, 0.3) is 0 Å². The number of ether oxygens (including phenoxy) is 1. The van der Waals surface area contributed by atoms with E-state index in [9.17, 15) is 9.59 Å². The molecule has 0 aliphatic carbocycles. The topological polar surface area (TPSA) is 72.6 Å². The fourth-order valence-corrected chi connectivity index (χ4v) is 2.44. The van der Waals surface area contributed by atoms with Gasteiger partial charge in [0, 0.05) is 18.2 Å². The van der Waals surface area contributed by atoms with Crippen LogP contribution in [0.4, 0.5) is 5.69 Å². The quantitative estimate of drug-likeness (QED) is 0.665. The van der Waals surface area contributed by atoms with E-state index in [0.717, 1.165) is 0 Å². The van der Waals surface area contributed by atoms with Crippen molar-refractivity contribution in [1.82, 2.24) is 4.90 Å². The van der Waals surface area contributed by atoms with Crippen molar-refractivity contribution in [3.63, 3.8) is 0 Å². The maximum Gasteiger partial charge on any atom is 0.236 e. The van der Waals surface area contributed by atoms with E-state index in [2.05, 4.69) is 0 Å². The molecule has 2 rings (SSSR count). The first kappa shape index (κ1) is 15.4. The highest BCUT2D eigenvalue weighted by molar-refractivity contribution is 6.05. The Morgan fingerprint density at radius 1 is 1.38 bits per heavy atom. The van der Waals surface area contributed by atoms with Gasteiger partial charge in [0.15, 0.2) is 0 Å². The molecule has 1 fully saturated rings. The molecule has 5 heteroatoms. The molecule has 5 nitrogen and oxygen atoms in total. The molecule has 0 spiro atoms. The summed E-state index contributed by atoms with van der Waals surface area (Å²) in [4.78, 5) is 25.7. The number of likely N-dealkylation sites (tertiary alicyclic amines) is 1. The van der Waals surface area contributed by atoms with Gasteiger partial charge in [0.1, 0.15) is 12.4 Å². The number of nitrogen functional groups attached to an aromatic ring is 1. The molecule has 0 saturated carbocycles. The number of imide groups is 1. The molecule has 0 radical (unpaired) electrons. The van der Waals surface area contributed by atoms with Crippen molar-refractivity contribution >= 4 is 17.5 Å². The molecule has 1 aliphatic rings. The number of nitrogens with zero attached hydrogens (tertiary/aromatic N) is 1. The maximum absolute atomic E-state index is 12.4. The molecule has 1 aromatic carbocycles. The van der Waals surface area contributed by atoms with Crippen molar-refractivity contribution in [2.75, 3.05) is 18.9 Å². The summed E-state index contributed by atoms with van der Waals surface area (Å²) in [7, 11) is 0. The lowest BCUT2D eigenvalue weighted by atomic mass is 9.78. The van der Waals surface area contributed by atoms with Crippen molar-refractivity contribution in [2.45, 2.75) is 27.2 Å². The van der Waals surface area contributed by atoms with Gasteiger partial charge in [-0.2, -0.15) is 0 Å². The Morgan fingerprint density at radius 2 is 2.10 bits per heavy atom. The van der Waals surface area contributed by atoms with Gasteiger partial charge in [-0.1, -0.05) is 19.9 Å². The van der Waals surface area contributed by atoms with Crippen LogP contribution >= 0.6 is 0 Å². The monoisotopic (exact) mass is 290 g/mol. The summed E-state index contributed by atoms with van der Waals surface area (Å²) >= 11 is 0. The van der Waals surface area contributed by atoms with E-state index >= 15 is 0 Å². The van der Waals surface area contributed by atoms with Crippen LogP contribution in [0.1, 0.15) is 27.2 Å². The number of nitrogens with two attached hydrogens (primary N) is 1. The third-order valence-corrected chi connectivity index (χ3v) is 4.27. The van der Waals surface area contributed by atoms with E-state index in [-0.39, 0.29) is 37.3 Å². The number of amides is 2. The van der Waals surface area contributed by atoms with E-state index < -0.39 is 5.41 Å². The van der Waals surface area contributed by atoms with Gasteiger partial charge in [0.25, 0.3) is 0 Å². The second-order valence-corrected chi connectivity index (χ2v) is 6.02. The molecule has 1 aromatic rings. The van der Waals surface area contributed by atoms with Crippen LogP contribution in [0.3, 0.4) is 0 Å². The molecule has 1 saturated heterocycles. The fourth-order valence-electron chi connectivity index (χ4n) is 2.44. The molecule has 2 N–H and O–H groups in total. The van der Waals surface area contributed by atoms with E-state index in [1.807, 2.05) is 20.8 Å². The van der Waals surface area contributed by atoms with Crippen LogP contribution in [-0.2, 0) is 9.59 Å². The second-order valence-electron chi connectivity index (χ2n) is 6.02. The predicted octanol–water partition coefficient (Wildman–Crippen LogP) is 2.07. The number of hydrogen-bond donors (Lipinski definition) is 1. The number of carbonyl (C=O) groups excluding carboxylic acids is 2. The summed E-state index contributed by atoms with van der Waals surface area (Å²) in [5, 5.41) is 0. The molecule has 0 bridgehead atoms. The van der Waals surface area contributed by atoms with E-state index in [1.54, 1.807) is 24.3 Å². The van der Waals surface area contributed by atoms with Crippen LogP contribution in [0.2, 0.25) is 0 Å². The molecule has 1 heterocycles. The molecule has 21 heavy (non-hydrogen) atoms. The predicted molar refractivity (Wildman–Crippen MR) is 80.6 cm³/mol. The van der Waals surface area contributed by atoms with Gasteiger partial charge in [-0.05, 0) is 25.0 Å². The first-order chi connectivity index (χ1) is 9.84. The highest BCUT2D eigenvalue weighted by Crippen LogP contribution is 2.39. The van der Waals surface area contributed by atoms with Gasteiger partial charge in [-0.3, -0.25) is 14.5 Å². The molecule has 114 valence electrons. The lowest BCUT2D eigenvalue weighted by Crippen LogP contribution is -2.38.